The molecule has 3 N–H and O–H groups in total. The van der Waals surface area contributed by atoms with Crippen molar-refractivity contribution in [3.8, 4) is 5.88 Å². The number of aromatic amines is 1. The van der Waals surface area contributed by atoms with Crippen LogP contribution in [0.1, 0.15) is 28.8 Å². The zero-order valence-corrected chi connectivity index (χ0v) is 18.9. The molecule has 0 amide bonds. The summed E-state index contributed by atoms with van der Waals surface area (Å²) >= 11 is 0. The minimum Gasteiger partial charge on any atom is -0.494 e. The Hall–Kier alpha value is -4.04. The van der Waals surface area contributed by atoms with Gasteiger partial charge in [0.2, 0.25) is 0 Å². The van der Waals surface area contributed by atoms with Crippen LogP contribution in [0.3, 0.4) is 0 Å². The van der Waals surface area contributed by atoms with Crippen LogP contribution in [0.15, 0.2) is 65.8 Å². The first kappa shape index (κ1) is 23.1. The predicted molar refractivity (Wildman–Crippen MR) is 129 cm³/mol. The second-order valence-electron chi connectivity index (χ2n) is 8.34. The molecule has 4 aromatic rings. The van der Waals surface area contributed by atoms with Crippen molar-refractivity contribution < 1.29 is 19.4 Å². The Morgan fingerprint density at radius 3 is 2.53 bits per heavy atom. The van der Waals surface area contributed by atoms with Crippen molar-refractivity contribution in [1.29, 1.82) is 0 Å². The average Bonchev–Trinajstić information content (AvgIpc) is 3.11. The molecule has 0 saturated heterocycles. The third-order valence-electron chi connectivity index (χ3n) is 5.35. The number of carboxylic acid groups (broad SMARTS) is 1. The van der Waals surface area contributed by atoms with Crippen LogP contribution >= 0.6 is 0 Å². The lowest BCUT2D eigenvalue weighted by atomic mass is 10.0. The second-order valence-corrected chi connectivity index (χ2v) is 8.34. The van der Waals surface area contributed by atoms with Gasteiger partial charge < -0.3 is 20.1 Å². The number of nitrogens with zero attached hydrogens (tertiary/aromatic N) is 3. The molecule has 0 aliphatic carbocycles. The summed E-state index contributed by atoms with van der Waals surface area (Å²) in [5.41, 5.74) is 4.46. The zero-order chi connectivity index (χ0) is 24.2. The number of aliphatic carboxylic acids is 1. The maximum Gasteiger partial charge on any atom is 0.303 e. The number of benzene rings is 2. The van der Waals surface area contributed by atoms with E-state index in [9.17, 15) is 14.3 Å². The van der Waals surface area contributed by atoms with Gasteiger partial charge in [-0.15, -0.1) is 0 Å². The molecule has 0 aliphatic rings. The van der Waals surface area contributed by atoms with E-state index in [-0.39, 0.29) is 12.3 Å². The molecule has 0 spiro atoms. The Kier molecular flexibility index (Phi) is 6.70. The summed E-state index contributed by atoms with van der Waals surface area (Å²) in [6.07, 6.45) is 1.91. The fourth-order valence-corrected chi connectivity index (χ4v) is 3.78. The SMILES string of the molecule is CN(C)Cc1ccc(N=C(c2ccc(CCC(=O)O)nc2)c2c(O)[nH]c3cc(F)ccc23)cc1. The Labute approximate surface area is 196 Å². The number of hydrogen-bond acceptors (Lipinski definition) is 5. The van der Waals surface area contributed by atoms with E-state index < -0.39 is 11.8 Å². The predicted octanol–water partition coefficient (Wildman–Crippen LogP) is 4.66. The highest BCUT2D eigenvalue weighted by atomic mass is 19.1. The number of hydrogen-bond donors (Lipinski definition) is 3. The third-order valence-corrected chi connectivity index (χ3v) is 5.35. The van der Waals surface area contributed by atoms with Gasteiger partial charge >= 0.3 is 5.97 Å². The Bertz CT molecular complexity index is 1340. The van der Waals surface area contributed by atoms with Crippen molar-refractivity contribution >= 4 is 28.3 Å². The average molecular weight is 461 g/mol. The Morgan fingerprint density at radius 1 is 1.12 bits per heavy atom. The van der Waals surface area contributed by atoms with E-state index >= 15 is 0 Å². The van der Waals surface area contributed by atoms with Crippen LogP contribution in [-0.2, 0) is 17.8 Å². The number of fused-ring (bicyclic) bond motifs is 1. The minimum absolute atomic E-state index is 0.0125. The van der Waals surface area contributed by atoms with Gasteiger partial charge in [-0.3, -0.25) is 9.78 Å². The highest BCUT2D eigenvalue weighted by Gasteiger charge is 2.19. The molecule has 2 aromatic heterocycles. The number of H-pyrrole nitrogens is 1. The van der Waals surface area contributed by atoms with Gasteiger partial charge in [0.25, 0.3) is 0 Å². The van der Waals surface area contributed by atoms with Gasteiger partial charge in [-0.25, -0.2) is 9.38 Å². The number of carboxylic acids is 1. The number of aliphatic imine (C=N–C) groups is 1. The zero-order valence-electron chi connectivity index (χ0n) is 18.9. The summed E-state index contributed by atoms with van der Waals surface area (Å²) in [5, 5.41) is 20.3. The van der Waals surface area contributed by atoms with E-state index in [2.05, 4.69) is 14.9 Å². The molecule has 4 rings (SSSR count). The molecule has 7 nitrogen and oxygen atoms in total. The molecule has 0 unspecified atom stereocenters. The molecule has 0 saturated carbocycles. The van der Waals surface area contributed by atoms with Gasteiger partial charge in [-0.1, -0.05) is 12.1 Å². The fraction of sp³-hybridized carbons (Fsp3) is 0.192. The van der Waals surface area contributed by atoms with Crippen molar-refractivity contribution in [3.63, 3.8) is 0 Å². The Morgan fingerprint density at radius 2 is 1.88 bits per heavy atom. The van der Waals surface area contributed by atoms with Crippen LogP contribution in [0.5, 0.6) is 5.88 Å². The van der Waals surface area contributed by atoms with E-state index in [1.807, 2.05) is 38.4 Å². The molecular formula is C26H25FN4O3. The third kappa shape index (κ3) is 5.29. The van der Waals surface area contributed by atoms with Crippen LogP contribution < -0.4 is 0 Å². The van der Waals surface area contributed by atoms with Crippen LogP contribution in [0.2, 0.25) is 0 Å². The quantitative estimate of drug-likeness (QED) is 0.332. The van der Waals surface area contributed by atoms with Crippen LogP contribution in [0.4, 0.5) is 10.1 Å². The lowest BCUT2D eigenvalue weighted by molar-refractivity contribution is -0.136. The van der Waals surface area contributed by atoms with Crippen molar-refractivity contribution in [2.24, 2.45) is 4.99 Å². The van der Waals surface area contributed by atoms with Crippen molar-refractivity contribution in [2.75, 3.05) is 14.1 Å². The summed E-state index contributed by atoms with van der Waals surface area (Å²) in [6.45, 7) is 0.799. The maximum absolute atomic E-state index is 13.8. The molecular weight excluding hydrogens is 435 g/mol. The minimum atomic E-state index is -0.887. The number of nitrogens with one attached hydrogen (secondary N) is 1. The monoisotopic (exact) mass is 460 g/mol. The summed E-state index contributed by atoms with van der Waals surface area (Å²) < 4.78 is 13.8. The molecule has 34 heavy (non-hydrogen) atoms. The van der Waals surface area contributed by atoms with E-state index in [0.29, 0.717) is 45.5 Å². The van der Waals surface area contributed by atoms with E-state index in [1.54, 1.807) is 24.4 Å². The molecule has 8 heteroatoms. The van der Waals surface area contributed by atoms with Gasteiger partial charge in [0.05, 0.1) is 28.9 Å². The van der Waals surface area contributed by atoms with Crippen molar-refractivity contribution in [3.05, 3.63) is 89.0 Å². The number of aromatic nitrogens is 2. The fourth-order valence-electron chi connectivity index (χ4n) is 3.78. The van der Waals surface area contributed by atoms with E-state index in [1.165, 1.54) is 12.1 Å². The maximum atomic E-state index is 13.8. The van der Waals surface area contributed by atoms with E-state index in [4.69, 9.17) is 10.1 Å². The highest BCUT2D eigenvalue weighted by Crippen LogP contribution is 2.32. The number of rotatable bonds is 8. The molecule has 2 heterocycles. The smallest absolute Gasteiger partial charge is 0.303 e. The molecule has 0 radical (unpaired) electrons. The summed E-state index contributed by atoms with van der Waals surface area (Å²) in [5.74, 6) is -1.43. The number of aromatic hydroxyl groups is 1. The van der Waals surface area contributed by atoms with Crippen LogP contribution in [0, 0.1) is 5.82 Å². The molecule has 0 bridgehead atoms. The standard InChI is InChI=1S/C26H25FN4O3/c1-31(2)15-16-3-7-20(8-4-16)29-25(17-5-9-19(28-14-17)10-12-23(32)33)24-21-11-6-18(27)13-22(21)30-26(24)34/h3-9,11,13-14,30,34H,10,12,15H2,1-2H3,(H,32,33). The van der Waals surface area contributed by atoms with Crippen LogP contribution in [-0.4, -0.2) is 50.9 Å². The molecule has 174 valence electrons. The molecule has 0 atom stereocenters. The Balaban J connectivity index is 1.80. The van der Waals surface area contributed by atoms with Gasteiger partial charge in [0.15, 0.2) is 5.88 Å². The number of carbonyl (C=O) groups is 1. The van der Waals surface area contributed by atoms with Crippen molar-refractivity contribution in [2.45, 2.75) is 19.4 Å². The van der Waals surface area contributed by atoms with E-state index in [0.717, 1.165) is 12.1 Å². The van der Waals surface area contributed by atoms with Gasteiger partial charge in [0, 0.05) is 35.8 Å². The van der Waals surface area contributed by atoms with Gasteiger partial charge in [0.1, 0.15) is 5.82 Å². The van der Waals surface area contributed by atoms with Crippen molar-refractivity contribution in [1.82, 2.24) is 14.9 Å². The topological polar surface area (TPSA) is 102 Å². The highest BCUT2D eigenvalue weighted by molar-refractivity contribution is 6.21. The molecule has 2 aromatic carbocycles. The first-order chi connectivity index (χ1) is 16.3. The molecule has 0 fully saturated rings. The summed E-state index contributed by atoms with van der Waals surface area (Å²) in [4.78, 5) is 25.0. The largest absolute Gasteiger partial charge is 0.494 e. The second kappa shape index (κ2) is 9.84. The van der Waals surface area contributed by atoms with Gasteiger partial charge in [-0.2, -0.15) is 0 Å². The van der Waals surface area contributed by atoms with Crippen LogP contribution in [0.25, 0.3) is 10.9 Å². The number of aryl methyl sites for hydroxylation is 1. The first-order valence-corrected chi connectivity index (χ1v) is 10.8. The lowest BCUT2D eigenvalue weighted by Gasteiger charge is -2.11. The normalized spacial score (nSPS) is 11.9. The number of halogens is 1. The number of pyridine rings is 1. The first-order valence-electron chi connectivity index (χ1n) is 10.8. The lowest BCUT2D eigenvalue weighted by Crippen LogP contribution is -2.10. The van der Waals surface area contributed by atoms with Gasteiger partial charge in [-0.05, 0) is 62.1 Å². The molecule has 0 aliphatic heterocycles. The summed E-state index contributed by atoms with van der Waals surface area (Å²) in [7, 11) is 4.00. The summed E-state index contributed by atoms with van der Waals surface area (Å²) in [6, 6.07) is 15.6.